The second-order valence-electron chi connectivity index (χ2n) is 8.72. The maximum Gasteiger partial charge on any atom is 0.237 e. The number of rotatable bonds is 9. The molecule has 2 aromatic heterocycles. The zero-order valence-corrected chi connectivity index (χ0v) is 19.2. The van der Waals surface area contributed by atoms with Crippen molar-refractivity contribution in [3.05, 3.63) is 42.2 Å². The number of nitrogens with zero attached hydrogens (tertiary/aromatic N) is 2. The van der Waals surface area contributed by atoms with Crippen molar-refractivity contribution in [2.75, 3.05) is 11.9 Å². The third-order valence-electron chi connectivity index (χ3n) is 6.43. The first-order valence-corrected chi connectivity index (χ1v) is 11.8. The monoisotopic (exact) mass is 434 g/mol. The van der Waals surface area contributed by atoms with E-state index in [1.807, 2.05) is 31.5 Å². The minimum Gasteiger partial charge on any atom is -0.360 e. The van der Waals surface area contributed by atoms with Gasteiger partial charge in [0.25, 0.3) is 0 Å². The molecule has 7 nitrogen and oxygen atoms in total. The lowest BCUT2D eigenvalue weighted by molar-refractivity contribution is -0.123. The molecule has 1 fully saturated rings. The summed E-state index contributed by atoms with van der Waals surface area (Å²) in [7, 11) is 0. The summed E-state index contributed by atoms with van der Waals surface area (Å²) in [5.74, 6) is 0.749. The first-order valence-electron chi connectivity index (χ1n) is 11.8. The second kappa shape index (κ2) is 10.1. The number of aromatic amines is 1. The van der Waals surface area contributed by atoms with E-state index >= 15 is 0 Å². The molecule has 170 valence electrons. The number of hydrogen-bond acceptors (Lipinski definition) is 5. The van der Waals surface area contributed by atoms with E-state index in [2.05, 4.69) is 51.9 Å². The fourth-order valence-electron chi connectivity index (χ4n) is 4.44. The molecule has 7 heteroatoms. The summed E-state index contributed by atoms with van der Waals surface area (Å²) in [5.41, 5.74) is 4.15. The summed E-state index contributed by atoms with van der Waals surface area (Å²) in [4.78, 5) is 25.3. The van der Waals surface area contributed by atoms with Crippen molar-refractivity contribution in [1.82, 2.24) is 25.6 Å². The zero-order chi connectivity index (χ0) is 22.5. The van der Waals surface area contributed by atoms with Crippen LogP contribution in [0.15, 0.2) is 36.7 Å². The number of nitrogens with one attached hydrogen (secondary N) is 4. The van der Waals surface area contributed by atoms with Gasteiger partial charge in [0.15, 0.2) is 0 Å². The van der Waals surface area contributed by atoms with Gasteiger partial charge in [-0.3, -0.25) is 4.79 Å². The van der Waals surface area contributed by atoms with Crippen LogP contribution in [0.5, 0.6) is 0 Å². The van der Waals surface area contributed by atoms with E-state index in [1.165, 1.54) is 0 Å². The van der Waals surface area contributed by atoms with Gasteiger partial charge in [0, 0.05) is 40.9 Å². The minimum absolute atomic E-state index is 0.0451. The van der Waals surface area contributed by atoms with Crippen LogP contribution < -0.4 is 16.0 Å². The third-order valence-corrected chi connectivity index (χ3v) is 6.43. The molecule has 1 aromatic carbocycles. The Hall–Kier alpha value is -2.93. The molecule has 3 aromatic rings. The fraction of sp³-hybridized carbons (Fsp3) is 0.480. The van der Waals surface area contributed by atoms with Gasteiger partial charge < -0.3 is 20.9 Å². The average molecular weight is 435 g/mol. The molecule has 1 aliphatic heterocycles. The number of carbonyl (C=O) groups excluding carboxylic acids is 1. The van der Waals surface area contributed by atoms with Crippen LogP contribution in [-0.2, 0) is 4.79 Å². The molecule has 0 spiro atoms. The second-order valence-corrected chi connectivity index (χ2v) is 8.72. The Bertz CT molecular complexity index is 1060. The minimum atomic E-state index is -0.0451. The lowest BCUT2D eigenvalue weighted by atomic mass is 10.0. The van der Waals surface area contributed by atoms with Crippen LogP contribution in [0.4, 0.5) is 5.95 Å². The van der Waals surface area contributed by atoms with Gasteiger partial charge in [0.05, 0.1) is 11.7 Å². The molecule has 4 rings (SSSR count). The van der Waals surface area contributed by atoms with Crippen LogP contribution in [0.25, 0.3) is 22.2 Å². The largest absolute Gasteiger partial charge is 0.360 e. The Balaban J connectivity index is 1.47. The summed E-state index contributed by atoms with van der Waals surface area (Å²) < 4.78 is 0. The van der Waals surface area contributed by atoms with E-state index < -0.39 is 0 Å². The highest BCUT2D eigenvalue weighted by atomic mass is 16.2. The number of aryl methyl sites for hydroxylation is 1. The Morgan fingerprint density at radius 3 is 2.78 bits per heavy atom. The molecule has 3 heterocycles. The fourth-order valence-corrected chi connectivity index (χ4v) is 4.44. The Morgan fingerprint density at radius 2 is 2.03 bits per heavy atom. The maximum absolute atomic E-state index is 12.5. The van der Waals surface area contributed by atoms with Gasteiger partial charge >= 0.3 is 0 Å². The van der Waals surface area contributed by atoms with Crippen LogP contribution in [0.1, 0.15) is 51.5 Å². The van der Waals surface area contributed by atoms with Gasteiger partial charge in [-0.05, 0) is 57.2 Å². The van der Waals surface area contributed by atoms with Gasteiger partial charge in [0.2, 0.25) is 11.9 Å². The van der Waals surface area contributed by atoms with Crippen LogP contribution in [0, 0.1) is 6.92 Å². The molecule has 0 aliphatic carbocycles. The van der Waals surface area contributed by atoms with Crippen molar-refractivity contribution in [2.24, 2.45) is 0 Å². The number of carbonyl (C=O) groups is 1. The smallest absolute Gasteiger partial charge is 0.237 e. The van der Waals surface area contributed by atoms with Gasteiger partial charge in [0.1, 0.15) is 0 Å². The summed E-state index contributed by atoms with van der Waals surface area (Å²) >= 11 is 0. The third kappa shape index (κ3) is 4.93. The highest BCUT2D eigenvalue weighted by Crippen LogP contribution is 2.29. The number of hydrogen-bond donors (Lipinski definition) is 4. The molecule has 1 aliphatic rings. The van der Waals surface area contributed by atoms with Crippen molar-refractivity contribution < 1.29 is 4.79 Å². The van der Waals surface area contributed by atoms with Crippen molar-refractivity contribution in [2.45, 2.75) is 71.0 Å². The van der Waals surface area contributed by atoms with Gasteiger partial charge in [-0.15, -0.1) is 0 Å². The normalized spacial score (nSPS) is 17.9. The first kappa shape index (κ1) is 22.3. The van der Waals surface area contributed by atoms with Crippen molar-refractivity contribution in [1.29, 1.82) is 0 Å². The topological polar surface area (TPSA) is 94.7 Å². The molecule has 32 heavy (non-hydrogen) atoms. The molecule has 4 N–H and O–H groups in total. The molecule has 3 unspecified atom stereocenters. The Kier molecular flexibility index (Phi) is 7.05. The predicted molar refractivity (Wildman–Crippen MR) is 130 cm³/mol. The van der Waals surface area contributed by atoms with E-state index in [1.54, 1.807) is 0 Å². The maximum atomic E-state index is 12.5. The highest BCUT2D eigenvalue weighted by molar-refractivity contribution is 5.95. The van der Waals surface area contributed by atoms with Crippen LogP contribution >= 0.6 is 0 Å². The van der Waals surface area contributed by atoms with E-state index in [-0.39, 0.29) is 24.0 Å². The molecule has 0 saturated carbocycles. The first-order chi connectivity index (χ1) is 15.6. The standard InChI is InChI=1S/C25H34N6O/c1-4-17(29-24(32)22-11-8-12-26-22)13-18(5-2)30-25-28-14-16(3)23(31-25)20-15-27-21-10-7-6-9-19(20)21/h6-7,9-10,14-15,17-18,22,26-27H,4-5,8,11-13H2,1-3H3,(H,29,32)(H,28,30,31). The van der Waals surface area contributed by atoms with Gasteiger partial charge in [-0.2, -0.15) is 0 Å². The number of fused-ring (bicyclic) bond motifs is 1. The van der Waals surface area contributed by atoms with E-state index in [9.17, 15) is 4.79 Å². The van der Waals surface area contributed by atoms with Crippen LogP contribution in [-0.4, -0.2) is 45.5 Å². The van der Waals surface area contributed by atoms with Crippen LogP contribution in [0.2, 0.25) is 0 Å². The van der Waals surface area contributed by atoms with Gasteiger partial charge in [-0.1, -0.05) is 32.0 Å². The number of para-hydroxylation sites is 1. The average Bonchev–Trinajstić information content (AvgIpc) is 3.49. The Morgan fingerprint density at radius 1 is 1.22 bits per heavy atom. The van der Waals surface area contributed by atoms with Crippen molar-refractivity contribution in [3.63, 3.8) is 0 Å². The summed E-state index contributed by atoms with van der Waals surface area (Å²) in [6.07, 6.45) is 8.54. The Labute approximate surface area is 189 Å². The quantitative estimate of drug-likeness (QED) is 0.406. The van der Waals surface area contributed by atoms with E-state index in [0.717, 1.165) is 66.4 Å². The highest BCUT2D eigenvalue weighted by Gasteiger charge is 2.25. The SMILES string of the molecule is CCC(CC(CC)Nc1ncc(C)c(-c2c[nH]c3ccccc23)n1)NC(=O)C1CCCN1. The summed E-state index contributed by atoms with van der Waals surface area (Å²) in [6.45, 7) is 7.24. The molecular weight excluding hydrogens is 400 g/mol. The zero-order valence-electron chi connectivity index (χ0n) is 19.2. The van der Waals surface area contributed by atoms with Crippen molar-refractivity contribution >= 4 is 22.8 Å². The number of aromatic nitrogens is 3. The predicted octanol–water partition coefficient (Wildman–Crippen LogP) is 4.16. The van der Waals surface area contributed by atoms with E-state index in [4.69, 9.17) is 4.98 Å². The molecule has 0 radical (unpaired) electrons. The van der Waals surface area contributed by atoms with Crippen molar-refractivity contribution in [3.8, 4) is 11.3 Å². The number of benzene rings is 1. The number of amides is 1. The molecular formula is C25H34N6O. The summed E-state index contributed by atoms with van der Waals surface area (Å²) in [6, 6.07) is 8.51. The molecule has 1 saturated heterocycles. The summed E-state index contributed by atoms with van der Waals surface area (Å²) in [5, 5.41) is 11.2. The number of H-pyrrole nitrogens is 1. The molecule has 3 atom stereocenters. The van der Waals surface area contributed by atoms with Crippen LogP contribution in [0.3, 0.4) is 0 Å². The molecule has 1 amide bonds. The number of anilines is 1. The van der Waals surface area contributed by atoms with Gasteiger partial charge in [-0.25, -0.2) is 9.97 Å². The molecule has 0 bridgehead atoms. The lowest BCUT2D eigenvalue weighted by Gasteiger charge is -2.25. The lowest BCUT2D eigenvalue weighted by Crippen LogP contribution is -2.46. The van der Waals surface area contributed by atoms with E-state index in [0.29, 0.717) is 5.95 Å².